The Morgan fingerprint density at radius 2 is 1.95 bits per heavy atom. The van der Waals surface area contributed by atoms with E-state index < -0.39 is 0 Å². The van der Waals surface area contributed by atoms with Crippen molar-refractivity contribution >= 4 is 11.4 Å². The molecular weight excluding hydrogens is 242 g/mol. The van der Waals surface area contributed by atoms with E-state index in [1.54, 1.807) is 12.1 Å². The molecule has 1 atom stereocenters. The average Bonchev–Trinajstić information content (AvgIpc) is 2.27. The van der Waals surface area contributed by atoms with Crippen LogP contribution in [0.4, 0.5) is 11.4 Å². The summed E-state index contributed by atoms with van der Waals surface area (Å²) in [6.45, 7) is 5.16. The molecule has 0 saturated heterocycles. The smallest absolute Gasteiger partial charge is 0.292 e. The van der Waals surface area contributed by atoms with Crippen molar-refractivity contribution in [1.82, 2.24) is 4.90 Å². The zero-order chi connectivity index (χ0) is 14.4. The Morgan fingerprint density at radius 1 is 1.32 bits per heavy atom. The highest BCUT2D eigenvalue weighted by Gasteiger charge is 2.17. The van der Waals surface area contributed by atoms with E-state index in [9.17, 15) is 10.1 Å². The van der Waals surface area contributed by atoms with E-state index in [0.29, 0.717) is 11.6 Å². The predicted octanol–water partition coefficient (Wildman–Crippen LogP) is 2.98. The number of nitro benzene ring substituents is 1. The van der Waals surface area contributed by atoms with Crippen molar-refractivity contribution in [2.24, 2.45) is 5.92 Å². The lowest BCUT2D eigenvalue weighted by molar-refractivity contribution is -0.384. The maximum absolute atomic E-state index is 11.0. The summed E-state index contributed by atoms with van der Waals surface area (Å²) < 4.78 is 0. The lowest BCUT2D eigenvalue weighted by Gasteiger charge is -2.24. The summed E-state index contributed by atoms with van der Waals surface area (Å²) in [5.74, 6) is 0.542. The Kier molecular flexibility index (Phi) is 5.76. The fourth-order valence-corrected chi connectivity index (χ4v) is 2.16. The van der Waals surface area contributed by atoms with Crippen molar-refractivity contribution in [3.05, 3.63) is 34.4 Å². The molecule has 0 aliphatic rings. The van der Waals surface area contributed by atoms with Crippen molar-refractivity contribution < 1.29 is 4.92 Å². The van der Waals surface area contributed by atoms with Gasteiger partial charge in [0.1, 0.15) is 5.69 Å². The molecule has 1 N–H and O–H groups in total. The van der Waals surface area contributed by atoms with Crippen LogP contribution in [-0.4, -0.2) is 36.5 Å². The number of anilines is 1. The Balaban J connectivity index is 2.86. The van der Waals surface area contributed by atoms with Gasteiger partial charge in [0.25, 0.3) is 5.69 Å². The lowest BCUT2D eigenvalue weighted by Crippen LogP contribution is -2.33. The Labute approximate surface area is 114 Å². The third-order valence-corrected chi connectivity index (χ3v) is 2.80. The Bertz CT molecular complexity index is 409. The first-order valence-electron chi connectivity index (χ1n) is 6.54. The minimum absolute atomic E-state index is 0.134. The van der Waals surface area contributed by atoms with Gasteiger partial charge in [0.15, 0.2) is 0 Å². The van der Waals surface area contributed by atoms with Gasteiger partial charge < -0.3 is 10.2 Å². The second kappa shape index (κ2) is 7.09. The monoisotopic (exact) mass is 265 g/mol. The normalized spacial score (nSPS) is 12.7. The minimum atomic E-state index is -0.343. The molecule has 0 saturated carbocycles. The number of hydrogen-bond donors (Lipinski definition) is 1. The number of nitrogens with one attached hydrogen (secondary N) is 1. The van der Waals surface area contributed by atoms with Gasteiger partial charge in [-0.1, -0.05) is 26.0 Å². The van der Waals surface area contributed by atoms with Crippen LogP contribution in [0.3, 0.4) is 0 Å². The molecule has 5 nitrogen and oxygen atoms in total. The Morgan fingerprint density at radius 3 is 2.47 bits per heavy atom. The summed E-state index contributed by atoms with van der Waals surface area (Å²) in [7, 11) is 4.02. The SMILES string of the molecule is CC(C)CC(CN(C)C)Nc1ccccc1[N+](=O)[O-]. The van der Waals surface area contributed by atoms with E-state index in [4.69, 9.17) is 0 Å². The highest BCUT2D eigenvalue weighted by molar-refractivity contribution is 5.61. The summed E-state index contributed by atoms with van der Waals surface area (Å²) in [6.07, 6.45) is 0.976. The largest absolute Gasteiger partial charge is 0.375 e. The van der Waals surface area contributed by atoms with Crippen LogP contribution in [0.15, 0.2) is 24.3 Å². The highest BCUT2D eigenvalue weighted by Crippen LogP contribution is 2.25. The summed E-state index contributed by atoms with van der Waals surface area (Å²) in [6, 6.07) is 7.01. The van der Waals surface area contributed by atoms with Crippen LogP contribution in [0.5, 0.6) is 0 Å². The number of para-hydroxylation sites is 2. The molecule has 0 bridgehead atoms. The number of hydrogen-bond acceptors (Lipinski definition) is 4. The van der Waals surface area contributed by atoms with Gasteiger partial charge in [-0.3, -0.25) is 10.1 Å². The van der Waals surface area contributed by atoms with Gasteiger partial charge in [-0.25, -0.2) is 0 Å². The second-order valence-electron chi connectivity index (χ2n) is 5.51. The lowest BCUT2D eigenvalue weighted by atomic mass is 10.0. The quantitative estimate of drug-likeness (QED) is 0.608. The van der Waals surface area contributed by atoms with Crippen molar-refractivity contribution in [1.29, 1.82) is 0 Å². The van der Waals surface area contributed by atoms with Gasteiger partial charge in [0, 0.05) is 18.7 Å². The first kappa shape index (κ1) is 15.4. The van der Waals surface area contributed by atoms with Crippen LogP contribution >= 0.6 is 0 Å². The highest BCUT2D eigenvalue weighted by atomic mass is 16.6. The van der Waals surface area contributed by atoms with E-state index in [1.807, 2.05) is 20.2 Å². The molecule has 19 heavy (non-hydrogen) atoms. The van der Waals surface area contributed by atoms with Crippen molar-refractivity contribution in [3.63, 3.8) is 0 Å². The maximum atomic E-state index is 11.0. The molecular formula is C14H23N3O2. The van der Waals surface area contributed by atoms with E-state index in [1.165, 1.54) is 6.07 Å². The summed E-state index contributed by atoms with van der Waals surface area (Å²) in [5, 5.41) is 14.3. The second-order valence-corrected chi connectivity index (χ2v) is 5.51. The van der Waals surface area contributed by atoms with Crippen LogP contribution in [0.2, 0.25) is 0 Å². The molecule has 1 rings (SSSR count). The maximum Gasteiger partial charge on any atom is 0.292 e. The van der Waals surface area contributed by atoms with E-state index in [2.05, 4.69) is 24.1 Å². The van der Waals surface area contributed by atoms with Crippen molar-refractivity contribution in [2.75, 3.05) is 26.0 Å². The molecule has 1 aromatic rings. The number of likely N-dealkylation sites (N-methyl/N-ethyl adjacent to an activating group) is 1. The van der Waals surface area contributed by atoms with Gasteiger partial charge in [-0.15, -0.1) is 0 Å². The first-order chi connectivity index (χ1) is 8.90. The van der Waals surface area contributed by atoms with Crippen LogP contribution in [0.1, 0.15) is 20.3 Å². The van der Waals surface area contributed by atoms with Gasteiger partial charge >= 0.3 is 0 Å². The summed E-state index contributed by atoms with van der Waals surface area (Å²) in [4.78, 5) is 12.8. The number of rotatable bonds is 7. The molecule has 0 heterocycles. The molecule has 0 aliphatic carbocycles. The molecule has 106 valence electrons. The van der Waals surface area contributed by atoms with Gasteiger partial charge in [-0.05, 0) is 32.5 Å². The van der Waals surface area contributed by atoms with Gasteiger partial charge in [-0.2, -0.15) is 0 Å². The molecule has 1 unspecified atom stereocenters. The molecule has 0 spiro atoms. The van der Waals surface area contributed by atoms with Gasteiger partial charge in [0.2, 0.25) is 0 Å². The minimum Gasteiger partial charge on any atom is -0.375 e. The summed E-state index contributed by atoms with van der Waals surface area (Å²) in [5.41, 5.74) is 0.731. The average molecular weight is 265 g/mol. The molecule has 0 amide bonds. The van der Waals surface area contributed by atoms with E-state index >= 15 is 0 Å². The fourth-order valence-electron chi connectivity index (χ4n) is 2.16. The number of benzene rings is 1. The molecule has 0 aliphatic heterocycles. The van der Waals surface area contributed by atoms with E-state index in [0.717, 1.165) is 13.0 Å². The number of nitrogens with zero attached hydrogens (tertiary/aromatic N) is 2. The van der Waals surface area contributed by atoms with Crippen molar-refractivity contribution in [2.45, 2.75) is 26.3 Å². The first-order valence-corrected chi connectivity index (χ1v) is 6.54. The topological polar surface area (TPSA) is 58.4 Å². The van der Waals surface area contributed by atoms with Gasteiger partial charge in [0.05, 0.1) is 4.92 Å². The molecule has 1 aromatic carbocycles. The standard InChI is InChI=1S/C14H23N3O2/c1-11(2)9-12(10-16(3)4)15-13-7-5-6-8-14(13)17(18)19/h5-8,11-12,15H,9-10H2,1-4H3. The van der Waals surface area contributed by atoms with Crippen LogP contribution in [0.25, 0.3) is 0 Å². The third kappa shape index (κ3) is 5.26. The van der Waals surface area contributed by atoms with Crippen molar-refractivity contribution in [3.8, 4) is 0 Å². The number of nitro groups is 1. The van der Waals surface area contributed by atoms with Crippen LogP contribution in [-0.2, 0) is 0 Å². The molecule has 5 heteroatoms. The molecule has 0 aromatic heterocycles. The Hall–Kier alpha value is -1.62. The van der Waals surface area contributed by atoms with Crippen LogP contribution < -0.4 is 5.32 Å². The fraction of sp³-hybridized carbons (Fsp3) is 0.571. The zero-order valence-electron chi connectivity index (χ0n) is 12.1. The van der Waals surface area contributed by atoms with Crippen LogP contribution in [0, 0.1) is 16.0 Å². The zero-order valence-corrected chi connectivity index (χ0v) is 12.1. The predicted molar refractivity (Wildman–Crippen MR) is 78.5 cm³/mol. The molecule has 0 fully saturated rings. The molecule has 0 radical (unpaired) electrons. The van der Waals surface area contributed by atoms with E-state index in [-0.39, 0.29) is 16.7 Å². The summed E-state index contributed by atoms with van der Waals surface area (Å²) >= 11 is 0. The third-order valence-electron chi connectivity index (χ3n) is 2.80.